The molecule has 0 aromatic heterocycles. The van der Waals surface area contributed by atoms with Crippen LogP contribution in [0.3, 0.4) is 0 Å². The maximum atomic E-state index is 12.9. The molecule has 0 bridgehead atoms. The molecule has 0 saturated heterocycles. The summed E-state index contributed by atoms with van der Waals surface area (Å²) in [7, 11) is 0. The molecule has 0 radical (unpaired) electrons. The molecule has 1 amide bonds. The summed E-state index contributed by atoms with van der Waals surface area (Å²) in [6.45, 7) is 6.31. The fraction of sp³-hybridized carbons (Fsp3) is 0.231. The van der Waals surface area contributed by atoms with E-state index in [0.717, 1.165) is 16.7 Å². The molecule has 0 aliphatic rings. The van der Waals surface area contributed by atoms with E-state index in [0.29, 0.717) is 5.56 Å². The number of benzene rings is 3. The van der Waals surface area contributed by atoms with Gasteiger partial charge in [-0.25, -0.2) is 4.79 Å². The first-order valence-electron chi connectivity index (χ1n) is 10.0. The Bertz CT molecular complexity index is 950. The van der Waals surface area contributed by atoms with Gasteiger partial charge in [-0.1, -0.05) is 93.6 Å². The van der Waals surface area contributed by atoms with E-state index in [1.807, 2.05) is 72.8 Å². The number of carbonyl (C=O) groups is 2. The van der Waals surface area contributed by atoms with E-state index in [1.54, 1.807) is 12.1 Å². The summed E-state index contributed by atoms with van der Waals surface area (Å²) in [4.78, 5) is 25.1. The molecule has 0 heterocycles. The van der Waals surface area contributed by atoms with Gasteiger partial charge in [0.2, 0.25) is 0 Å². The van der Waals surface area contributed by atoms with Crippen molar-refractivity contribution < 1.29 is 14.7 Å². The van der Waals surface area contributed by atoms with Crippen molar-refractivity contribution in [3.8, 4) is 0 Å². The summed E-state index contributed by atoms with van der Waals surface area (Å²) in [6, 6.07) is 25.0. The predicted molar refractivity (Wildman–Crippen MR) is 119 cm³/mol. The lowest BCUT2D eigenvalue weighted by atomic mass is 9.84. The van der Waals surface area contributed by atoms with Crippen LogP contribution >= 0.6 is 0 Å². The molecule has 0 unspecified atom stereocenters. The number of nitrogens with one attached hydrogen (secondary N) is 1. The van der Waals surface area contributed by atoms with Gasteiger partial charge in [0.25, 0.3) is 5.91 Å². The van der Waals surface area contributed by atoms with E-state index in [2.05, 4.69) is 26.1 Å². The standard InChI is InChI=1S/C26H27NO3/c1-26(2,3)21-16-14-20(15-17-21)24(28)27-23(25(29)30)22(18-10-6-4-7-11-18)19-12-8-5-9-13-19/h4-17,22-23H,1-3H3,(H,27,28)(H,29,30)/t23-/m1/s1. The Morgan fingerprint density at radius 3 is 1.63 bits per heavy atom. The SMILES string of the molecule is CC(C)(C)c1ccc(C(=O)N[C@@H](C(=O)O)C(c2ccccc2)c2ccccc2)cc1. The minimum atomic E-state index is -1.11. The fourth-order valence-corrected chi connectivity index (χ4v) is 3.53. The topological polar surface area (TPSA) is 66.4 Å². The summed E-state index contributed by atoms with van der Waals surface area (Å²) in [5.41, 5.74) is 3.19. The van der Waals surface area contributed by atoms with E-state index in [-0.39, 0.29) is 5.41 Å². The number of carboxylic acid groups (broad SMARTS) is 1. The van der Waals surface area contributed by atoms with Crippen LogP contribution in [0.1, 0.15) is 53.7 Å². The first-order chi connectivity index (χ1) is 14.3. The Labute approximate surface area is 177 Å². The van der Waals surface area contributed by atoms with Crippen molar-refractivity contribution in [3.63, 3.8) is 0 Å². The highest BCUT2D eigenvalue weighted by atomic mass is 16.4. The van der Waals surface area contributed by atoms with Crippen LogP contribution in [0.2, 0.25) is 0 Å². The maximum Gasteiger partial charge on any atom is 0.327 e. The molecule has 3 aromatic rings. The smallest absolute Gasteiger partial charge is 0.327 e. The predicted octanol–water partition coefficient (Wildman–Crippen LogP) is 5.00. The molecular formula is C26H27NO3. The van der Waals surface area contributed by atoms with Crippen LogP contribution in [0.4, 0.5) is 0 Å². The van der Waals surface area contributed by atoms with E-state index in [4.69, 9.17) is 0 Å². The Kier molecular flexibility index (Phi) is 6.36. The first kappa shape index (κ1) is 21.3. The zero-order valence-corrected chi connectivity index (χ0v) is 17.5. The molecule has 3 aromatic carbocycles. The van der Waals surface area contributed by atoms with E-state index in [9.17, 15) is 14.7 Å². The van der Waals surface area contributed by atoms with Gasteiger partial charge in [0.15, 0.2) is 0 Å². The highest BCUT2D eigenvalue weighted by Gasteiger charge is 2.32. The number of carbonyl (C=O) groups excluding carboxylic acids is 1. The normalized spacial score (nSPS) is 12.4. The molecule has 3 rings (SSSR count). The number of rotatable bonds is 6. The van der Waals surface area contributed by atoms with Crippen molar-refractivity contribution in [1.82, 2.24) is 5.32 Å². The largest absolute Gasteiger partial charge is 0.480 e. The van der Waals surface area contributed by atoms with Crippen LogP contribution in [0, 0.1) is 0 Å². The average molecular weight is 402 g/mol. The van der Waals surface area contributed by atoms with E-state index < -0.39 is 23.8 Å². The van der Waals surface area contributed by atoms with Crippen LogP contribution in [-0.2, 0) is 10.2 Å². The maximum absolute atomic E-state index is 12.9. The van der Waals surface area contributed by atoms with E-state index >= 15 is 0 Å². The van der Waals surface area contributed by atoms with Crippen molar-refractivity contribution in [1.29, 1.82) is 0 Å². The summed E-state index contributed by atoms with van der Waals surface area (Å²) in [5, 5.41) is 12.7. The molecule has 154 valence electrons. The van der Waals surface area contributed by atoms with Gasteiger partial charge < -0.3 is 10.4 Å². The van der Waals surface area contributed by atoms with Crippen LogP contribution in [0.15, 0.2) is 84.9 Å². The van der Waals surface area contributed by atoms with Crippen LogP contribution in [-0.4, -0.2) is 23.0 Å². The third-order valence-corrected chi connectivity index (χ3v) is 5.22. The minimum Gasteiger partial charge on any atom is -0.480 e. The van der Waals surface area contributed by atoms with Crippen molar-refractivity contribution >= 4 is 11.9 Å². The second-order valence-corrected chi connectivity index (χ2v) is 8.42. The molecular weight excluding hydrogens is 374 g/mol. The molecule has 0 spiro atoms. The summed E-state index contributed by atoms with van der Waals surface area (Å²) >= 11 is 0. The van der Waals surface area contributed by atoms with Crippen molar-refractivity contribution in [3.05, 3.63) is 107 Å². The summed E-state index contributed by atoms with van der Waals surface area (Å²) in [6.07, 6.45) is 0. The molecule has 2 N–H and O–H groups in total. The Balaban J connectivity index is 1.93. The Hall–Kier alpha value is -3.40. The number of aliphatic carboxylic acids is 1. The molecule has 0 fully saturated rings. The van der Waals surface area contributed by atoms with Gasteiger partial charge >= 0.3 is 5.97 Å². The number of carboxylic acids is 1. The number of amides is 1. The summed E-state index contributed by atoms with van der Waals surface area (Å²) in [5.74, 6) is -1.99. The van der Waals surface area contributed by atoms with Crippen molar-refractivity contribution in [2.75, 3.05) is 0 Å². The van der Waals surface area contributed by atoms with Gasteiger partial charge in [-0.05, 0) is 34.2 Å². The number of hydrogen-bond acceptors (Lipinski definition) is 2. The third kappa shape index (κ3) is 4.95. The van der Waals surface area contributed by atoms with Gasteiger partial charge in [0, 0.05) is 11.5 Å². The van der Waals surface area contributed by atoms with Crippen LogP contribution in [0.25, 0.3) is 0 Å². The average Bonchev–Trinajstić information content (AvgIpc) is 2.74. The van der Waals surface area contributed by atoms with Crippen molar-refractivity contribution in [2.45, 2.75) is 38.1 Å². The molecule has 0 saturated carbocycles. The molecule has 4 heteroatoms. The van der Waals surface area contributed by atoms with E-state index in [1.165, 1.54) is 0 Å². The zero-order valence-electron chi connectivity index (χ0n) is 17.5. The van der Waals surface area contributed by atoms with Gasteiger partial charge in [0.1, 0.15) is 6.04 Å². The quantitative estimate of drug-likeness (QED) is 0.611. The van der Waals surface area contributed by atoms with Gasteiger partial charge in [-0.15, -0.1) is 0 Å². The second kappa shape index (κ2) is 8.95. The minimum absolute atomic E-state index is 0.0235. The van der Waals surface area contributed by atoms with Crippen molar-refractivity contribution in [2.24, 2.45) is 0 Å². The lowest BCUT2D eigenvalue weighted by Gasteiger charge is -2.26. The third-order valence-electron chi connectivity index (χ3n) is 5.22. The Morgan fingerprint density at radius 1 is 0.767 bits per heavy atom. The zero-order chi connectivity index (χ0) is 21.7. The fourth-order valence-electron chi connectivity index (χ4n) is 3.53. The van der Waals surface area contributed by atoms with Crippen LogP contribution < -0.4 is 5.32 Å². The lowest BCUT2D eigenvalue weighted by Crippen LogP contribution is -2.45. The monoisotopic (exact) mass is 401 g/mol. The highest BCUT2D eigenvalue weighted by Crippen LogP contribution is 2.29. The van der Waals surface area contributed by atoms with Crippen LogP contribution in [0.5, 0.6) is 0 Å². The second-order valence-electron chi connectivity index (χ2n) is 8.42. The first-order valence-corrected chi connectivity index (χ1v) is 10.0. The number of hydrogen-bond donors (Lipinski definition) is 2. The van der Waals surface area contributed by atoms with Gasteiger partial charge in [0.05, 0.1) is 0 Å². The molecule has 30 heavy (non-hydrogen) atoms. The Morgan fingerprint density at radius 2 is 1.23 bits per heavy atom. The van der Waals surface area contributed by atoms with Gasteiger partial charge in [-0.3, -0.25) is 4.79 Å². The molecule has 4 nitrogen and oxygen atoms in total. The molecule has 1 atom stereocenters. The molecule has 0 aliphatic heterocycles. The highest BCUT2D eigenvalue weighted by molar-refractivity contribution is 5.97. The van der Waals surface area contributed by atoms with Gasteiger partial charge in [-0.2, -0.15) is 0 Å². The lowest BCUT2D eigenvalue weighted by molar-refractivity contribution is -0.139. The summed E-state index contributed by atoms with van der Waals surface area (Å²) < 4.78 is 0. The molecule has 0 aliphatic carbocycles.